The average Bonchev–Trinajstić information content (AvgIpc) is 2.85. The zero-order valence-corrected chi connectivity index (χ0v) is 8.19. The summed E-state index contributed by atoms with van der Waals surface area (Å²) < 4.78 is 10.3. The molecule has 0 aliphatic carbocycles. The molecule has 0 aromatic carbocycles. The highest BCUT2D eigenvalue weighted by atomic mass is 16.4. The first kappa shape index (κ1) is 9.58. The van der Waals surface area contributed by atoms with Crippen molar-refractivity contribution in [3.8, 4) is 11.5 Å². The zero-order chi connectivity index (χ0) is 10.8. The number of carboxylic acids is 1. The molecule has 78 valence electrons. The molecule has 4 nitrogen and oxygen atoms in total. The van der Waals surface area contributed by atoms with Gasteiger partial charge in [0.1, 0.15) is 5.56 Å². The molecule has 0 saturated heterocycles. The van der Waals surface area contributed by atoms with Gasteiger partial charge in [0.15, 0.2) is 11.5 Å². The van der Waals surface area contributed by atoms with E-state index >= 15 is 0 Å². The van der Waals surface area contributed by atoms with Crippen LogP contribution in [0.4, 0.5) is 0 Å². The Bertz CT molecular complexity index is 465. The van der Waals surface area contributed by atoms with E-state index in [0.717, 1.165) is 0 Å². The molecule has 0 amide bonds. The van der Waals surface area contributed by atoms with Gasteiger partial charge in [-0.3, -0.25) is 0 Å². The molecule has 15 heavy (non-hydrogen) atoms. The molecule has 2 rings (SSSR count). The van der Waals surface area contributed by atoms with Crippen LogP contribution in [-0.2, 0) is 6.42 Å². The van der Waals surface area contributed by atoms with Gasteiger partial charge in [0.05, 0.1) is 12.5 Å². The van der Waals surface area contributed by atoms with Gasteiger partial charge in [-0.15, -0.1) is 0 Å². The third-order valence-electron chi connectivity index (χ3n) is 2.21. The molecule has 0 aliphatic heterocycles. The maximum Gasteiger partial charge on any atom is 0.340 e. The predicted octanol–water partition coefficient (Wildman–Crippen LogP) is 2.80. The van der Waals surface area contributed by atoms with Crippen molar-refractivity contribution in [3.63, 3.8) is 0 Å². The summed E-state index contributed by atoms with van der Waals surface area (Å²) in [5, 5.41) is 9.06. The topological polar surface area (TPSA) is 63.6 Å². The van der Waals surface area contributed by atoms with Gasteiger partial charge in [-0.25, -0.2) is 4.79 Å². The number of rotatable bonds is 3. The van der Waals surface area contributed by atoms with E-state index in [1.54, 1.807) is 12.1 Å². The Balaban J connectivity index is 2.58. The maximum atomic E-state index is 11.1. The van der Waals surface area contributed by atoms with Crippen molar-refractivity contribution in [2.75, 3.05) is 0 Å². The Hall–Kier alpha value is -1.97. The lowest BCUT2D eigenvalue weighted by Crippen LogP contribution is -2.00. The lowest BCUT2D eigenvalue weighted by atomic mass is 10.1. The molecule has 0 aliphatic rings. The number of hydrogen-bond acceptors (Lipinski definition) is 3. The average molecular weight is 206 g/mol. The Morgan fingerprint density at radius 2 is 2.27 bits per heavy atom. The van der Waals surface area contributed by atoms with Gasteiger partial charge in [-0.1, -0.05) is 6.92 Å². The third kappa shape index (κ3) is 1.54. The Labute approximate surface area is 86.1 Å². The van der Waals surface area contributed by atoms with Crippen LogP contribution in [0.15, 0.2) is 33.5 Å². The maximum absolute atomic E-state index is 11.1. The van der Waals surface area contributed by atoms with E-state index in [1.165, 1.54) is 12.5 Å². The summed E-state index contributed by atoms with van der Waals surface area (Å²) in [7, 11) is 0. The first-order valence-electron chi connectivity index (χ1n) is 4.61. The van der Waals surface area contributed by atoms with Gasteiger partial charge >= 0.3 is 5.97 Å². The van der Waals surface area contributed by atoms with E-state index in [0.29, 0.717) is 17.7 Å². The second kappa shape index (κ2) is 3.65. The van der Waals surface area contributed by atoms with Crippen molar-refractivity contribution >= 4 is 5.97 Å². The van der Waals surface area contributed by atoms with Crippen LogP contribution in [0.2, 0.25) is 0 Å². The molecule has 0 unspecified atom stereocenters. The molecule has 0 bridgehead atoms. The van der Waals surface area contributed by atoms with E-state index in [2.05, 4.69) is 0 Å². The van der Waals surface area contributed by atoms with Crippen LogP contribution in [0, 0.1) is 0 Å². The zero-order valence-electron chi connectivity index (χ0n) is 8.19. The van der Waals surface area contributed by atoms with E-state index in [1.807, 2.05) is 6.92 Å². The van der Waals surface area contributed by atoms with E-state index < -0.39 is 5.97 Å². The summed E-state index contributed by atoms with van der Waals surface area (Å²) in [4.78, 5) is 11.1. The highest BCUT2D eigenvalue weighted by Crippen LogP contribution is 2.28. The van der Waals surface area contributed by atoms with Crippen LogP contribution in [0.25, 0.3) is 11.5 Å². The van der Waals surface area contributed by atoms with Crippen molar-refractivity contribution in [2.24, 2.45) is 0 Å². The number of carbonyl (C=O) groups is 1. The van der Waals surface area contributed by atoms with Crippen molar-refractivity contribution in [1.29, 1.82) is 0 Å². The molecule has 2 aromatic rings. The smallest absolute Gasteiger partial charge is 0.340 e. The van der Waals surface area contributed by atoms with Crippen LogP contribution in [0.1, 0.15) is 22.8 Å². The molecule has 1 N–H and O–H groups in total. The molecule has 0 fully saturated rings. The van der Waals surface area contributed by atoms with Gasteiger partial charge in [0.25, 0.3) is 0 Å². The van der Waals surface area contributed by atoms with Crippen molar-refractivity contribution in [3.05, 3.63) is 35.8 Å². The lowest BCUT2D eigenvalue weighted by molar-refractivity contribution is 0.0696. The highest BCUT2D eigenvalue weighted by Gasteiger charge is 2.21. The van der Waals surface area contributed by atoms with Crippen molar-refractivity contribution in [1.82, 2.24) is 0 Å². The third-order valence-corrected chi connectivity index (χ3v) is 2.21. The first-order chi connectivity index (χ1) is 7.24. The minimum absolute atomic E-state index is 0.187. The highest BCUT2D eigenvalue weighted by molar-refractivity contribution is 5.95. The fourth-order valence-corrected chi connectivity index (χ4v) is 1.48. The molecule has 0 spiro atoms. The fourth-order valence-electron chi connectivity index (χ4n) is 1.48. The number of furan rings is 2. The van der Waals surface area contributed by atoms with E-state index in [9.17, 15) is 4.79 Å². The van der Waals surface area contributed by atoms with E-state index in [4.69, 9.17) is 13.9 Å². The molecule has 0 atom stereocenters. The summed E-state index contributed by atoms with van der Waals surface area (Å²) in [6.07, 6.45) is 3.56. The van der Waals surface area contributed by atoms with Crippen molar-refractivity contribution < 1.29 is 18.7 Å². The molecule has 0 saturated carbocycles. The van der Waals surface area contributed by atoms with E-state index in [-0.39, 0.29) is 11.3 Å². The molecule has 0 radical (unpaired) electrons. The number of aromatic carboxylic acids is 1. The van der Waals surface area contributed by atoms with Gasteiger partial charge in [0.2, 0.25) is 0 Å². The summed E-state index contributed by atoms with van der Waals surface area (Å²) in [6, 6.07) is 3.36. The predicted molar refractivity (Wildman–Crippen MR) is 52.7 cm³/mol. The minimum atomic E-state index is -0.994. The van der Waals surface area contributed by atoms with Gasteiger partial charge in [0, 0.05) is 5.56 Å². The molecular weight excluding hydrogens is 196 g/mol. The van der Waals surface area contributed by atoms with Crippen LogP contribution in [0.5, 0.6) is 0 Å². The molecular formula is C11H10O4. The molecule has 4 heteroatoms. The summed E-state index contributed by atoms with van der Waals surface area (Å²) in [5.74, 6) is -0.275. The minimum Gasteiger partial charge on any atom is -0.478 e. The fraction of sp³-hybridized carbons (Fsp3) is 0.182. The van der Waals surface area contributed by atoms with Crippen LogP contribution >= 0.6 is 0 Å². The summed E-state index contributed by atoms with van der Waals surface area (Å²) in [6.45, 7) is 1.88. The summed E-state index contributed by atoms with van der Waals surface area (Å²) >= 11 is 0. The van der Waals surface area contributed by atoms with Gasteiger partial charge in [-0.05, 0) is 18.6 Å². The van der Waals surface area contributed by atoms with Crippen molar-refractivity contribution in [2.45, 2.75) is 13.3 Å². The Kier molecular flexibility index (Phi) is 2.33. The largest absolute Gasteiger partial charge is 0.478 e. The number of aryl methyl sites for hydroxylation is 1. The Morgan fingerprint density at radius 3 is 2.80 bits per heavy atom. The standard InChI is InChI=1S/C11H10O4/c1-2-7-6-15-10(9(7)11(12)13)8-4-3-5-14-8/h3-6H,2H2,1H3,(H,12,13). The van der Waals surface area contributed by atoms with Crippen LogP contribution in [0.3, 0.4) is 0 Å². The first-order valence-corrected chi connectivity index (χ1v) is 4.61. The monoisotopic (exact) mass is 206 g/mol. The number of hydrogen-bond donors (Lipinski definition) is 1. The second-order valence-corrected chi connectivity index (χ2v) is 3.10. The molecule has 2 aromatic heterocycles. The quantitative estimate of drug-likeness (QED) is 0.838. The lowest BCUT2D eigenvalue weighted by Gasteiger charge is -1.96. The summed E-state index contributed by atoms with van der Waals surface area (Å²) in [5.41, 5.74) is 0.862. The van der Waals surface area contributed by atoms with Gasteiger partial charge < -0.3 is 13.9 Å². The Morgan fingerprint density at radius 1 is 1.47 bits per heavy atom. The SMILES string of the molecule is CCc1coc(-c2ccco2)c1C(=O)O. The second-order valence-electron chi connectivity index (χ2n) is 3.10. The van der Waals surface area contributed by atoms with Gasteiger partial charge in [-0.2, -0.15) is 0 Å². The van der Waals surface area contributed by atoms with Crippen LogP contribution in [-0.4, -0.2) is 11.1 Å². The molecule has 2 heterocycles. The number of carboxylic acid groups (broad SMARTS) is 1. The van der Waals surface area contributed by atoms with Crippen LogP contribution < -0.4 is 0 Å². The normalized spacial score (nSPS) is 10.5.